The molecule has 1 rings (SSSR count). The van der Waals surface area contributed by atoms with Gasteiger partial charge in [-0.15, -0.1) is 0 Å². The Hall–Kier alpha value is -1.18. The smallest absolute Gasteiger partial charge is 0.123 e. The third-order valence-corrected chi connectivity index (χ3v) is 6.42. The molecule has 1 aromatic rings. The van der Waals surface area contributed by atoms with Crippen LogP contribution in [-0.2, 0) is 5.41 Å². The molecule has 0 spiro atoms. The van der Waals surface area contributed by atoms with E-state index in [-0.39, 0.29) is 10.8 Å². The summed E-state index contributed by atoms with van der Waals surface area (Å²) in [6.45, 7) is 14.4. The minimum atomic E-state index is -0.0399. The second-order valence-electron chi connectivity index (χ2n) is 11.7. The Morgan fingerprint density at radius 1 is 0.688 bits per heavy atom. The number of benzene rings is 1. The molecule has 0 radical (unpaired) electrons. The fourth-order valence-corrected chi connectivity index (χ4v) is 5.07. The topological polar surface area (TPSA) is 29.5 Å². The van der Waals surface area contributed by atoms with Crippen LogP contribution in [0.2, 0.25) is 0 Å². The van der Waals surface area contributed by atoms with Crippen molar-refractivity contribution in [3.8, 4) is 11.5 Å². The predicted molar refractivity (Wildman–Crippen MR) is 141 cm³/mol. The van der Waals surface area contributed by atoms with E-state index in [0.717, 1.165) is 30.8 Å². The van der Waals surface area contributed by atoms with E-state index in [0.29, 0.717) is 5.75 Å². The maximum Gasteiger partial charge on any atom is 0.123 e. The monoisotopic (exact) mass is 446 g/mol. The van der Waals surface area contributed by atoms with Gasteiger partial charge in [0.2, 0.25) is 0 Å². The van der Waals surface area contributed by atoms with Crippen LogP contribution in [0.25, 0.3) is 0 Å². The number of ether oxygens (including phenoxy) is 1. The summed E-state index contributed by atoms with van der Waals surface area (Å²) >= 11 is 0. The summed E-state index contributed by atoms with van der Waals surface area (Å²) in [5.74, 6) is 1.26. The molecule has 0 heterocycles. The molecule has 0 aliphatic carbocycles. The lowest BCUT2D eigenvalue weighted by Gasteiger charge is -2.34. The van der Waals surface area contributed by atoms with E-state index >= 15 is 0 Å². The van der Waals surface area contributed by atoms with Gasteiger partial charge in [0.05, 0.1) is 6.61 Å². The van der Waals surface area contributed by atoms with Gasteiger partial charge in [-0.3, -0.25) is 0 Å². The van der Waals surface area contributed by atoms with Gasteiger partial charge in [-0.25, -0.2) is 0 Å². The van der Waals surface area contributed by atoms with Crippen molar-refractivity contribution in [2.24, 2.45) is 5.41 Å². The minimum Gasteiger partial charge on any atom is -0.508 e. The van der Waals surface area contributed by atoms with Gasteiger partial charge in [0, 0.05) is 5.56 Å². The highest BCUT2D eigenvalue weighted by Gasteiger charge is 2.30. The molecule has 0 unspecified atom stereocenters. The van der Waals surface area contributed by atoms with Crippen molar-refractivity contribution in [1.29, 1.82) is 0 Å². The molecule has 0 amide bonds. The summed E-state index contributed by atoms with van der Waals surface area (Å²) in [5, 5.41) is 10.0. The molecule has 1 N–H and O–H groups in total. The third-order valence-electron chi connectivity index (χ3n) is 6.42. The third kappa shape index (κ3) is 13.4. The predicted octanol–water partition coefficient (Wildman–Crippen LogP) is 9.97. The highest BCUT2D eigenvalue weighted by molar-refractivity contribution is 5.44. The van der Waals surface area contributed by atoms with Crippen molar-refractivity contribution in [3.63, 3.8) is 0 Å². The van der Waals surface area contributed by atoms with E-state index in [1.807, 2.05) is 12.1 Å². The van der Waals surface area contributed by atoms with Gasteiger partial charge in [-0.2, -0.15) is 0 Å². The average Bonchev–Trinajstić information content (AvgIpc) is 2.70. The van der Waals surface area contributed by atoms with Gasteiger partial charge in [0.1, 0.15) is 11.5 Å². The molecular formula is C30H54O2. The van der Waals surface area contributed by atoms with Crippen LogP contribution in [-0.4, -0.2) is 11.7 Å². The zero-order chi connectivity index (χ0) is 23.9. The van der Waals surface area contributed by atoms with Gasteiger partial charge in [-0.05, 0) is 41.9 Å². The number of phenols is 1. The Bertz CT molecular complexity index is 597. The van der Waals surface area contributed by atoms with Gasteiger partial charge < -0.3 is 9.84 Å². The molecule has 0 saturated carbocycles. The van der Waals surface area contributed by atoms with E-state index in [1.165, 1.54) is 83.5 Å². The highest BCUT2D eigenvalue weighted by Crippen LogP contribution is 2.41. The van der Waals surface area contributed by atoms with Crippen LogP contribution >= 0.6 is 0 Å². The van der Waals surface area contributed by atoms with E-state index < -0.39 is 0 Å². The van der Waals surface area contributed by atoms with E-state index in [2.05, 4.69) is 41.5 Å². The zero-order valence-corrected chi connectivity index (χ0v) is 22.4. The fraction of sp³-hybridized carbons (Fsp3) is 0.800. The summed E-state index contributed by atoms with van der Waals surface area (Å²) in [7, 11) is 0. The molecule has 186 valence electrons. The van der Waals surface area contributed by atoms with Crippen molar-refractivity contribution in [2.75, 3.05) is 6.61 Å². The van der Waals surface area contributed by atoms with Crippen LogP contribution in [0.1, 0.15) is 143 Å². The lowest BCUT2D eigenvalue weighted by molar-refractivity contribution is 0.262. The number of unbranched alkanes of at least 4 members (excludes halogenated alkanes) is 13. The van der Waals surface area contributed by atoms with E-state index in [4.69, 9.17) is 4.74 Å². The number of aromatic hydroxyl groups is 1. The molecule has 32 heavy (non-hydrogen) atoms. The van der Waals surface area contributed by atoms with Crippen molar-refractivity contribution < 1.29 is 9.84 Å². The molecule has 0 aromatic heterocycles. The Morgan fingerprint density at radius 3 is 1.62 bits per heavy atom. The average molecular weight is 447 g/mol. The molecule has 2 nitrogen and oxygen atoms in total. The first-order valence-corrected chi connectivity index (χ1v) is 13.6. The van der Waals surface area contributed by atoms with Gasteiger partial charge in [-0.1, -0.05) is 125 Å². The fourth-order valence-electron chi connectivity index (χ4n) is 5.07. The molecule has 1 aromatic carbocycles. The molecular weight excluding hydrogens is 392 g/mol. The molecule has 0 atom stereocenters. The first-order valence-electron chi connectivity index (χ1n) is 13.6. The maximum atomic E-state index is 10.0. The lowest BCUT2D eigenvalue weighted by Crippen LogP contribution is -2.25. The van der Waals surface area contributed by atoms with Crippen LogP contribution in [0.4, 0.5) is 0 Å². The summed E-state index contributed by atoms with van der Waals surface area (Å²) in [6, 6.07) is 5.59. The van der Waals surface area contributed by atoms with Crippen LogP contribution in [0.5, 0.6) is 11.5 Å². The Kier molecular flexibility index (Phi) is 14.1. The molecule has 0 aliphatic heterocycles. The molecule has 0 fully saturated rings. The van der Waals surface area contributed by atoms with Gasteiger partial charge >= 0.3 is 0 Å². The number of hydrogen-bond acceptors (Lipinski definition) is 2. The molecule has 0 aliphatic rings. The SMILES string of the molecule is CCCCCCCCCCCCCCCCOc1ccc(O)cc1C(C)(C)CC(C)(C)C. The summed E-state index contributed by atoms with van der Waals surface area (Å²) in [5.41, 5.74) is 1.31. The van der Waals surface area contributed by atoms with Crippen LogP contribution < -0.4 is 4.74 Å². The molecule has 0 bridgehead atoms. The number of rotatable bonds is 18. The highest BCUT2D eigenvalue weighted by atomic mass is 16.5. The zero-order valence-electron chi connectivity index (χ0n) is 22.4. The molecule has 2 heteroatoms. The number of phenolic OH excluding ortho intramolecular Hbond substituents is 1. The largest absolute Gasteiger partial charge is 0.508 e. The Balaban J connectivity index is 2.18. The van der Waals surface area contributed by atoms with Crippen molar-refractivity contribution in [2.45, 2.75) is 143 Å². The lowest BCUT2D eigenvalue weighted by atomic mass is 9.72. The number of hydrogen-bond donors (Lipinski definition) is 1. The normalized spacial score (nSPS) is 12.3. The second kappa shape index (κ2) is 15.6. The van der Waals surface area contributed by atoms with Crippen LogP contribution in [0, 0.1) is 5.41 Å². The van der Waals surface area contributed by atoms with Crippen molar-refractivity contribution >= 4 is 0 Å². The summed E-state index contributed by atoms with van der Waals surface area (Å²) in [6.07, 6.45) is 20.2. The standard InChI is InChI=1S/C30H54O2/c1-7-8-9-10-11-12-13-14-15-16-17-18-19-20-23-32-28-22-21-26(31)24-27(28)30(5,6)25-29(2,3)4/h21-22,24,31H,7-20,23,25H2,1-6H3. The van der Waals surface area contributed by atoms with E-state index in [9.17, 15) is 5.11 Å². The summed E-state index contributed by atoms with van der Waals surface area (Å²) < 4.78 is 6.19. The van der Waals surface area contributed by atoms with Gasteiger partial charge in [0.25, 0.3) is 0 Å². The van der Waals surface area contributed by atoms with Gasteiger partial charge in [0.15, 0.2) is 0 Å². The van der Waals surface area contributed by atoms with Crippen LogP contribution in [0.15, 0.2) is 18.2 Å². The van der Waals surface area contributed by atoms with Crippen molar-refractivity contribution in [3.05, 3.63) is 23.8 Å². The molecule has 0 saturated heterocycles. The first kappa shape index (κ1) is 28.9. The quantitative estimate of drug-likeness (QED) is 0.227. The summed E-state index contributed by atoms with van der Waals surface area (Å²) in [4.78, 5) is 0. The maximum absolute atomic E-state index is 10.0. The van der Waals surface area contributed by atoms with E-state index in [1.54, 1.807) is 6.07 Å². The van der Waals surface area contributed by atoms with Crippen LogP contribution in [0.3, 0.4) is 0 Å². The Labute approximate surface area is 200 Å². The second-order valence-corrected chi connectivity index (χ2v) is 11.7. The first-order chi connectivity index (χ1) is 15.2. The minimum absolute atomic E-state index is 0.0399. The van der Waals surface area contributed by atoms with Crippen molar-refractivity contribution in [1.82, 2.24) is 0 Å². The Morgan fingerprint density at radius 2 is 1.16 bits per heavy atom.